The van der Waals surface area contributed by atoms with Crippen molar-refractivity contribution in [1.29, 1.82) is 5.26 Å². The zero-order chi connectivity index (χ0) is 15.2. The number of nitriles is 1. The van der Waals surface area contributed by atoms with Gasteiger partial charge in [-0.2, -0.15) is 5.26 Å². The number of carboxylic acid groups (broad SMARTS) is 1. The molecule has 1 fully saturated rings. The van der Waals surface area contributed by atoms with Crippen LogP contribution in [0.1, 0.15) is 30.4 Å². The molecule has 0 unspecified atom stereocenters. The lowest BCUT2D eigenvalue weighted by atomic mass is 10.1. The molecular weight excluding hydrogens is 270 g/mol. The second-order valence-corrected chi connectivity index (χ2v) is 5.18. The Morgan fingerprint density at radius 3 is 2.86 bits per heavy atom. The van der Waals surface area contributed by atoms with Crippen molar-refractivity contribution in [2.75, 3.05) is 0 Å². The SMILES string of the molecule is N#Cc1cccc(CNC(=O)N[C@H]2CC[C@@H](C(=O)O)C2)c1. The van der Waals surface area contributed by atoms with Crippen LogP contribution < -0.4 is 10.6 Å². The highest BCUT2D eigenvalue weighted by atomic mass is 16.4. The minimum absolute atomic E-state index is 0.0865. The van der Waals surface area contributed by atoms with Crippen LogP contribution in [-0.4, -0.2) is 23.1 Å². The lowest BCUT2D eigenvalue weighted by Crippen LogP contribution is -2.40. The highest BCUT2D eigenvalue weighted by Crippen LogP contribution is 2.25. The molecule has 6 nitrogen and oxygen atoms in total. The molecule has 0 radical (unpaired) electrons. The average molecular weight is 287 g/mol. The van der Waals surface area contributed by atoms with E-state index in [1.165, 1.54) is 0 Å². The number of rotatable bonds is 4. The molecule has 1 aromatic carbocycles. The first-order valence-electron chi connectivity index (χ1n) is 6.84. The van der Waals surface area contributed by atoms with Crippen molar-refractivity contribution >= 4 is 12.0 Å². The van der Waals surface area contributed by atoms with E-state index in [1.54, 1.807) is 18.2 Å². The standard InChI is InChI=1S/C15H17N3O3/c16-8-10-2-1-3-11(6-10)9-17-15(21)18-13-5-4-12(7-13)14(19)20/h1-3,6,12-13H,4-5,7,9H2,(H,19,20)(H2,17,18,21)/t12-,13+/m1/s1. The van der Waals surface area contributed by atoms with E-state index < -0.39 is 5.97 Å². The van der Waals surface area contributed by atoms with Crippen LogP contribution in [0.5, 0.6) is 0 Å². The number of nitrogens with one attached hydrogen (secondary N) is 2. The van der Waals surface area contributed by atoms with E-state index in [2.05, 4.69) is 10.6 Å². The van der Waals surface area contributed by atoms with Gasteiger partial charge in [-0.05, 0) is 37.0 Å². The summed E-state index contributed by atoms with van der Waals surface area (Å²) < 4.78 is 0. The first-order valence-corrected chi connectivity index (χ1v) is 6.84. The molecule has 1 aliphatic rings. The summed E-state index contributed by atoms with van der Waals surface area (Å²) in [5.41, 5.74) is 1.40. The van der Waals surface area contributed by atoms with Gasteiger partial charge in [-0.15, -0.1) is 0 Å². The molecule has 21 heavy (non-hydrogen) atoms. The fraction of sp³-hybridized carbons (Fsp3) is 0.400. The van der Waals surface area contributed by atoms with Gasteiger partial charge in [-0.3, -0.25) is 4.79 Å². The highest BCUT2D eigenvalue weighted by molar-refractivity contribution is 5.75. The Morgan fingerprint density at radius 1 is 1.38 bits per heavy atom. The number of nitrogens with zero attached hydrogens (tertiary/aromatic N) is 1. The average Bonchev–Trinajstić information content (AvgIpc) is 2.94. The summed E-state index contributed by atoms with van der Waals surface area (Å²) in [5.74, 6) is -1.16. The molecule has 110 valence electrons. The van der Waals surface area contributed by atoms with E-state index >= 15 is 0 Å². The lowest BCUT2D eigenvalue weighted by Gasteiger charge is -2.13. The molecule has 0 heterocycles. The van der Waals surface area contributed by atoms with Crippen molar-refractivity contribution in [3.8, 4) is 6.07 Å². The number of carbonyl (C=O) groups is 2. The summed E-state index contributed by atoms with van der Waals surface area (Å²) in [7, 11) is 0. The van der Waals surface area contributed by atoms with Gasteiger partial charge in [0.15, 0.2) is 0 Å². The molecule has 0 aromatic heterocycles. The number of urea groups is 1. The lowest BCUT2D eigenvalue weighted by molar-refractivity contribution is -0.141. The predicted molar refractivity (Wildman–Crippen MR) is 75.3 cm³/mol. The van der Waals surface area contributed by atoms with Gasteiger partial charge in [0.2, 0.25) is 0 Å². The maximum atomic E-state index is 11.8. The second-order valence-electron chi connectivity index (χ2n) is 5.18. The number of carboxylic acids is 1. The van der Waals surface area contributed by atoms with Gasteiger partial charge in [0.1, 0.15) is 0 Å². The van der Waals surface area contributed by atoms with E-state index in [-0.39, 0.29) is 18.0 Å². The molecular formula is C15H17N3O3. The third-order valence-electron chi connectivity index (χ3n) is 3.63. The summed E-state index contributed by atoms with van der Waals surface area (Å²) in [4.78, 5) is 22.6. The summed E-state index contributed by atoms with van der Waals surface area (Å²) >= 11 is 0. The zero-order valence-corrected chi connectivity index (χ0v) is 11.5. The van der Waals surface area contributed by atoms with E-state index in [4.69, 9.17) is 10.4 Å². The van der Waals surface area contributed by atoms with Gasteiger partial charge in [0.25, 0.3) is 0 Å². The smallest absolute Gasteiger partial charge is 0.315 e. The van der Waals surface area contributed by atoms with Crippen molar-refractivity contribution in [3.05, 3.63) is 35.4 Å². The Balaban J connectivity index is 1.78. The van der Waals surface area contributed by atoms with E-state index in [9.17, 15) is 9.59 Å². The molecule has 2 atom stereocenters. The van der Waals surface area contributed by atoms with Crippen LogP contribution in [0.3, 0.4) is 0 Å². The largest absolute Gasteiger partial charge is 0.481 e. The molecule has 0 aliphatic heterocycles. The fourth-order valence-electron chi connectivity index (χ4n) is 2.51. The Hall–Kier alpha value is -2.55. The number of hydrogen-bond acceptors (Lipinski definition) is 3. The van der Waals surface area contributed by atoms with Gasteiger partial charge >= 0.3 is 12.0 Å². The van der Waals surface area contributed by atoms with Crippen LogP contribution in [-0.2, 0) is 11.3 Å². The van der Waals surface area contributed by atoms with E-state index in [0.29, 0.717) is 31.4 Å². The maximum Gasteiger partial charge on any atom is 0.315 e. The predicted octanol–water partition coefficient (Wildman–Crippen LogP) is 1.61. The summed E-state index contributed by atoms with van der Waals surface area (Å²) in [5, 5.41) is 23.2. The molecule has 1 aliphatic carbocycles. The highest BCUT2D eigenvalue weighted by Gasteiger charge is 2.30. The molecule has 0 spiro atoms. The van der Waals surface area contributed by atoms with Gasteiger partial charge in [-0.1, -0.05) is 12.1 Å². The van der Waals surface area contributed by atoms with Crippen molar-refractivity contribution < 1.29 is 14.7 Å². The van der Waals surface area contributed by atoms with Crippen molar-refractivity contribution in [3.63, 3.8) is 0 Å². The van der Waals surface area contributed by atoms with Gasteiger partial charge < -0.3 is 15.7 Å². The molecule has 1 aromatic rings. The van der Waals surface area contributed by atoms with Crippen LogP contribution >= 0.6 is 0 Å². The number of amides is 2. The van der Waals surface area contributed by atoms with Crippen molar-refractivity contribution in [2.24, 2.45) is 5.92 Å². The molecule has 2 amide bonds. The Kier molecular flexibility index (Phi) is 4.77. The van der Waals surface area contributed by atoms with E-state index in [0.717, 1.165) is 5.56 Å². The summed E-state index contributed by atoms with van der Waals surface area (Å²) in [6, 6.07) is 8.66. The Morgan fingerprint density at radius 2 is 2.19 bits per heavy atom. The molecule has 1 saturated carbocycles. The van der Waals surface area contributed by atoms with Crippen LogP contribution in [0.15, 0.2) is 24.3 Å². The Bertz CT molecular complexity index is 580. The van der Waals surface area contributed by atoms with Crippen LogP contribution in [0.25, 0.3) is 0 Å². The first kappa shape index (κ1) is 14.9. The normalized spacial score (nSPS) is 20.5. The quantitative estimate of drug-likeness (QED) is 0.782. The van der Waals surface area contributed by atoms with Crippen LogP contribution in [0.2, 0.25) is 0 Å². The molecule has 0 saturated heterocycles. The number of hydrogen-bond donors (Lipinski definition) is 3. The monoisotopic (exact) mass is 287 g/mol. The molecule has 2 rings (SSSR count). The van der Waals surface area contributed by atoms with Gasteiger partial charge in [0, 0.05) is 12.6 Å². The Labute approximate surface area is 122 Å². The van der Waals surface area contributed by atoms with Crippen molar-refractivity contribution in [1.82, 2.24) is 10.6 Å². The summed E-state index contributed by atoms with van der Waals surface area (Å²) in [6.45, 7) is 0.330. The maximum absolute atomic E-state index is 11.8. The minimum Gasteiger partial charge on any atom is -0.481 e. The topological polar surface area (TPSA) is 102 Å². The zero-order valence-electron chi connectivity index (χ0n) is 11.5. The third-order valence-corrected chi connectivity index (χ3v) is 3.63. The number of aliphatic carboxylic acids is 1. The third kappa shape index (κ3) is 4.21. The molecule has 6 heteroatoms. The van der Waals surface area contributed by atoms with Gasteiger partial charge in [-0.25, -0.2) is 4.79 Å². The van der Waals surface area contributed by atoms with Crippen LogP contribution in [0, 0.1) is 17.2 Å². The fourth-order valence-corrected chi connectivity index (χ4v) is 2.51. The number of carbonyl (C=O) groups excluding carboxylic acids is 1. The summed E-state index contributed by atoms with van der Waals surface area (Å²) in [6.07, 6.45) is 1.77. The van der Waals surface area contributed by atoms with Crippen LogP contribution in [0.4, 0.5) is 4.79 Å². The van der Waals surface area contributed by atoms with Gasteiger partial charge in [0.05, 0.1) is 17.6 Å². The first-order chi connectivity index (χ1) is 10.1. The molecule has 0 bridgehead atoms. The second kappa shape index (κ2) is 6.75. The molecule has 3 N–H and O–H groups in total. The minimum atomic E-state index is -0.798. The van der Waals surface area contributed by atoms with E-state index in [1.807, 2.05) is 12.1 Å². The number of benzene rings is 1. The van der Waals surface area contributed by atoms with Crippen molar-refractivity contribution in [2.45, 2.75) is 31.8 Å².